The Kier molecular flexibility index (Phi) is 9.61. The zero-order chi connectivity index (χ0) is 19.9. The topological polar surface area (TPSA) is 78.4 Å². The Morgan fingerprint density at radius 3 is 2.21 bits per heavy atom. The number of phenolic OH excluding ortho intramolecular Hbond substituents is 1. The van der Waals surface area contributed by atoms with Gasteiger partial charge in [0.25, 0.3) is 0 Å². The number of aliphatic imine (C=N–C) groups is 1. The highest BCUT2D eigenvalue weighted by atomic mass is 127. The monoisotopic (exact) mass is 518 g/mol. The van der Waals surface area contributed by atoms with Gasteiger partial charge in [0.1, 0.15) is 0 Å². The number of piperidine rings is 1. The molecule has 3 N–H and O–H groups in total. The lowest BCUT2D eigenvalue weighted by atomic mass is 10.0. The van der Waals surface area contributed by atoms with Crippen molar-refractivity contribution in [2.75, 3.05) is 34.4 Å². The Balaban J connectivity index is 0.00000300. The van der Waals surface area contributed by atoms with Gasteiger partial charge in [-0.1, -0.05) is 12.8 Å². The van der Waals surface area contributed by atoms with E-state index >= 15 is 0 Å². The van der Waals surface area contributed by atoms with Crippen molar-refractivity contribution >= 4 is 29.9 Å². The molecule has 0 atom stereocenters. The maximum Gasteiger partial charge on any atom is 0.200 e. The number of hydrogen-bond acceptors (Lipinski definition) is 5. The van der Waals surface area contributed by atoms with E-state index < -0.39 is 0 Å². The molecule has 0 spiro atoms. The zero-order valence-electron chi connectivity index (χ0n) is 17.7. The lowest BCUT2D eigenvalue weighted by Gasteiger charge is -2.36. The largest absolute Gasteiger partial charge is 0.502 e. The highest BCUT2D eigenvalue weighted by Crippen LogP contribution is 2.37. The van der Waals surface area contributed by atoms with Crippen LogP contribution in [0.1, 0.15) is 44.1 Å². The van der Waals surface area contributed by atoms with Gasteiger partial charge in [0, 0.05) is 38.8 Å². The van der Waals surface area contributed by atoms with Crippen molar-refractivity contribution in [1.82, 2.24) is 15.5 Å². The Hall–Kier alpha value is -1.42. The average molecular weight is 518 g/mol. The van der Waals surface area contributed by atoms with Crippen LogP contribution in [-0.2, 0) is 6.54 Å². The van der Waals surface area contributed by atoms with Crippen molar-refractivity contribution < 1.29 is 14.6 Å². The molecule has 2 fully saturated rings. The first kappa shape index (κ1) is 23.9. The van der Waals surface area contributed by atoms with Crippen LogP contribution in [0.15, 0.2) is 17.1 Å². The van der Waals surface area contributed by atoms with Gasteiger partial charge in [0.05, 0.1) is 14.2 Å². The number of nitrogens with one attached hydrogen (secondary N) is 2. The number of likely N-dealkylation sites (tertiary alicyclic amines) is 1. The van der Waals surface area contributed by atoms with Crippen molar-refractivity contribution in [3.8, 4) is 17.2 Å². The van der Waals surface area contributed by atoms with Gasteiger partial charge >= 0.3 is 0 Å². The molecule has 1 aromatic carbocycles. The maximum absolute atomic E-state index is 10.0. The Morgan fingerprint density at radius 2 is 1.69 bits per heavy atom. The summed E-state index contributed by atoms with van der Waals surface area (Å²) >= 11 is 0. The van der Waals surface area contributed by atoms with Crippen LogP contribution >= 0.6 is 24.0 Å². The predicted octanol–water partition coefficient (Wildman–Crippen LogP) is 3.10. The Labute approximate surface area is 191 Å². The van der Waals surface area contributed by atoms with Crippen LogP contribution in [-0.4, -0.2) is 62.4 Å². The summed E-state index contributed by atoms with van der Waals surface area (Å²) in [5, 5.41) is 17.0. The van der Waals surface area contributed by atoms with Crippen molar-refractivity contribution in [3.05, 3.63) is 17.7 Å². The van der Waals surface area contributed by atoms with Gasteiger partial charge in [0.15, 0.2) is 17.5 Å². The normalized spacial score (nSPS) is 18.9. The number of guanidine groups is 1. The summed E-state index contributed by atoms with van der Waals surface area (Å²) in [5.74, 6) is 1.62. The molecular weight excluding hydrogens is 483 g/mol. The fourth-order valence-electron chi connectivity index (χ4n) is 4.30. The van der Waals surface area contributed by atoms with Gasteiger partial charge in [-0.2, -0.15) is 0 Å². The average Bonchev–Trinajstić information content (AvgIpc) is 3.27. The molecule has 1 saturated carbocycles. The summed E-state index contributed by atoms with van der Waals surface area (Å²) < 4.78 is 10.5. The molecule has 1 aromatic rings. The summed E-state index contributed by atoms with van der Waals surface area (Å²) in [4.78, 5) is 7.04. The molecule has 0 unspecified atom stereocenters. The molecule has 8 heteroatoms. The molecule has 0 amide bonds. The van der Waals surface area contributed by atoms with Gasteiger partial charge in [-0.25, -0.2) is 0 Å². The number of phenols is 1. The van der Waals surface area contributed by atoms with Crippen LogP contribution in [0.5, 0.6) is 17.2 Å². The van der Waals surface area contributed by atoms with Crippen LogP contribution in [0, 0.1) is 0 Å². The third kappa shape index (κ3) is 6.28. The SMILES string of the molecule is CN=C(NCc1cc(OC)c(O)c(OC)c1)NC1CCN(C2CCCC2)CC1.I. The fraction of sp³-hybridized carbons (Fsp3) is 0.667. The minimum atomic E-state index is 0. The molecule has 7 nitrogen and oxygen atoms in total. The van der Waals surface area contributed by atoms with Crippen LogP contribution in [0.2, 0.25) is 0 Å². The number of hydrogen-bond donors (Lipinski definition) is 3. The fourth-order valence-corrected chi connectivity index (χ4v) is 4.30. The van der Waals surface area contributed by atoms with E-state index in [-0.39, 0.29) is 29.7 Å². The van der Waals surface area contributed by atoms with E-state index in [0.29, 0.717) is 24.1 Å². The molecule has 0 aromatic heterocycles. The van der Waals surface area contributed by atoms with E-state index in [0.717, 1.165) is 30.4 Å². The third-order valence-electron chi connectivity index (χ3n) is 5.93. The molecule has 1 aliphatic heterocycles. The smallest absolute Gasteiger partial charge is 0.200 e. The third-order valence-corrected chi connectivity index (χ3v) is 5.93. The zero-order valence-corrected chi connectivity index (χ0v) is 20.1. The second-order valence-electron chi connectivity index (χ2n) is 7.67. The quantitative estimate of drug-likeness (QED) is 0.305. The van der Waals surface area contributed by atoms with Gasteiger partial charge in [-0.3, -0.25) is 4.99 Å². The van der Waals surface area contributed by atoms with Gasteiger partial charge < -0.3 is 30.1 Å². The predicted molar refractivity (Wildman–Crippen MR) is 127 cm³/mol. The molecule has 3 rings (SSSR count). The summed E-state index contributed by atoms with van der Waals surface area (Å²) in [6.07, 6.45) is 7.84. The molecule has 0 bridgehead atoms. The first-order chi connectivity index (χ1) is 13.6. The lowest BCUT2D eigenvalue weighted by Crippen LogP contribution is -2.50. The molecular formula is C21H35IN4O3. The number of aromatic hydroxyl groups is 1. The minimum Gasteiger partial charge on any atom is -0.502 e. The van der Waals surface area contributed by atoms with Gasteiger partial charge in [0.2, 0.25) is 5.75 Å². The molecule has 164 valence electrons. The van der Waals surface area contributed by atoms with E-state index in [1.807, 2.05) is 0 Å². The summed E-state index contributed by atoms with van der Waals surface area (Å²) in [5.41, 5.74) is 0.950. The number of methoxy groups -OCH3 is 2. The standard InChI is InChI=1S/C21H34N4O3.HI/c1-22-21(23-14-15-12-18(27-2)20(26)19(13-15)28-3)24-16-8-10-25(11-9-16)17-6-4-5-7-17;/h12-13,16-17,26H,4-11,14H2,1-3H3,(H2,22,23,24);1H. The Morgan fingerprint density at radius 1 is 1.10 bits per heavy atom. The molecule has 0 radical (unpaired) electrons. The van der Waals surface area contributed by atoms with Crippen molar-refractivity contribution in [1.29, 1.82) is 0 Å². The second-order valence-corrected chi connectivity index (χ2v) is 7.67. The van der Waals surface area contributed by atoms with E-state index in [1.54, 1.807) is 19.2 Å². The summed E-state index contributed by atoms with van der Waals surface area (Å²) in [6, 6.07) is 4.88. The first-order valence-corrected chi connectivity index (χ1v) is 10.3. The van der Waals surface area contributed by atoms with Crippen molar-refractivity contribution in [2.45, 2.75) is 57.2 Å². The summed E-state index contributed by atoms with van der Waals surface area (Å²) in [7, 11) is 4.86. The van der Waals surface area contributed by atoms with E-state index in [9.17, 15) is 5.11 Å². The molecule has 2 aliphatic rings. The number of halogens is 1. The van der Waals surface area contributed by atoms with E-state index in [1.165, 1.54) is 53.0 Å². The Bertz CT molecular complexity index is 647. The van der Waals surface area contributed by atoms with E-state index in [4.69, 9.17) is 9.47 Å². The number of nitrogens with zero attached hydrogens (tertiary/aromatic N) is 2. The van der Waals surface area contributed by atoms with Crippen LogP contribution in [0.3, 0.4) is 0 Å². The van der Waals surface area contributed by atoms with Gasteiger partial charge in [-0.05, 0) is 43.4 Å². The highest BCUT2D eigenvalue weighted by molar-refractivity contribution is 14.0. The van der Waals surface area contributed by atoms with Crippen LogP contribution in [0.25, 0.3) is 0 Å². The van der Waals surface area contributed by atoms with Crippen molar-refractivity contribution in [2.24, 2.45) is 4.99 Å². The van der Waals surface area contributed by atoms with Crippen LogP contribution in [0.4, 0.5) is 0 Å². The first-order valence-electron chi connectivity index (χ1n) is 10.3. The molecule has 1 heterocycles. The number of benzene rings is 1. The van der Waals surface area contributed by atoms with E-state index in [2.05, 4.69) is 20.5 Å². The molecule has 29 heavy (non-hydrogen) atoms. The lowest BCUT2D eigenvalue weighted by molar-refractivity contribution is 0.150. The molecule has 1 saturated heterocycles. The number of rotatable bonds is 6. The summed E-state index contributed by atoms with van der Waals surface area (Å²) in [6.45, 7) is 2.91. The molecule has 1 aliphatic carbocycles. The number of ether oxygens (including phenoxy) is 2. The maximum atomic E-state index is 10.0. The minimum absolute atomic E-state index is 0. The second kappa shape index (κ2) is 11.7. The highest BCUT2D eigenvalue weighted by Gasteiger charge is 2.27. The van der Waals surface area contributed by atoms with Crippen molar-refractivity contribution in [3.63, 3.8) is 0 Å². The van der Waals surface area contributed by atoms with Gasteiger partial charge in [-0.15, -0.1) is 24.0 Å². The van der Waals surface area contributed by atoms with Crippen LogP contribution < -0.4 is 20.1 Å².